The Morgan fingerprint density at radius 3 is 1.42 bits per heavy atom. The molecule has 0 aliphatic rings. The second kappa shape index (κ2) is 38.0. The van der Waals surface area contributed by atoms with Crippen molar-refractivity contribution in [3.63, 3.8) is 0 Å². The van der Waals surface area contributed by atoms with Crippen molar-refractivity contribution < 1.29 is 28.4 Å². The molecule has 0 aliphatic carbocycles. The Bertz CT molecular complexity index is 799. The van der Waals surface area contributed by atoms with E-state index in [1.54, 1.807) is 6.08 Å². The van der Waals surface area contributed by atoms with Crippen LogP contribution >= 0.6 is 7.82 Å². The van der Waals surface area contributed by atoms with Gasteiger partial charge < -0.3 is 21.1 Å². The van der Waals surface area contributed by atoms with Gasteiger partial charge in [0.05, 0.1) is 25.4 Å². The van der Waals surface area contributed by atoms with E-state index >= 15 is 0 Å². The number of carbonyl (C=O) groups excluding carboxylic acids is 1. The molecule has 0 saturated carbocycles. The average Bonchev–Trinajstić information content (AvgIpc) is 3.10. The predicted octanol–water partition coefficient (Wildman–Crippen LogP) is 11.6. The monoisotopic (exact) mass is 731 g/mol. The van der Waals surface area contributed by atoms with E-state index in [0.29, 0.717) is 6.42 Å². The smallest absolute Gasteiger partial charge is 0.387 e. The third-order valence-electron chi connectivity index (χ3n) is 9.61. The number of amides is 1. The van der Waals surface area contributed by atoms with Gasteiger partial charge >= 0.3 is 7.82 Å². The molecule has 0 radical (unpaired) electrons. The lowest BCUT2D eigenvalue weighted by Crippen LogP contribution is -2.45. The summed E-state index contributed by atoms with van der Waals surface area (Å²) in [6, 6.07) is -0.852. The number of nitrogens with one attached hydrogen (secondary N) is 1. The van der Waals surface area contributed by atoms with Crippen molar-refractivity contribution >= 4 is 13.7 Å². The third kappa shape index (κ3) is 35.6. The molecule has 0 aromatic heterocycles. The Kier molecular flexibility index (Phi) is 37.4. The Morgan fingerprint density at radius 2 is 1.02 bits per heavy atom. The Hall–Kier alpha value is -0.760. The molecule has 0 spiro atoms. The number of phosphoric ester groups is 1. The van der Waals surface area contributed by atoms with Gasteiger partial charge in [-0.25, -0.2) is 4.57 Å². The molecule has 0 fully saturated rings. The van der Waals surface area contributed by atoms with Crippen LogP contribution in [0.3, 0.4) is 0 Å². The summed E-state index contributed by atoms with van der Waals surface area (Å²) in [6.07, 6.45) is 41.3. The molecule has 1 amide bonds. The van der Waals surface area contributed by atoms with Crippen LogP contribution in [0.25, 0.3) is 0 Å². The quantitative estimate of drug-likeness (QED) is 0.0280. The number of allylic oxidation sites excluding steroid dienone is 1. The first-order valence-electron chi connectivity index (χ1n) is 21.3. The highest BCUT2D eigenvalue weighted by atomic mass is 31.2. The molecular weight excluding hydrogens is 647 g/mol. The maximum Gasteiger partial charge on any atom is 0.472 e. The molecule has 0 saturated heterocycles. The van der Waals surface area contributed by atoms with Crippen molar-refractivity contribution in [2.75, 3.05) is 19.8 Å². The first-order valence-corrected chi connectivity index (χ1v) is 22.8. The fraction of sp³-hybridized carbons (Fsp3) is 0.927. The summed E-state index contributed by atoms with van der Waals surface area (Å²) in [4.78, 5) is 22.6. The number of hydrogen-bond donors (Lipinski definition) is 4. The minimum atomic E-state index is -4.33. The molecule has 3 atom stereocenters. The van der Waals surface area contributed by atoms with Gasteiger partial charge in [-0.1, -0.05) is 199 Å². The summed E-state index contributed by atoms with van der Waals surface area (Å²) in [6.45, 7) is 4.12. The van der Waals surface area contributed by atoms with Crippen LogP contribution in [-0.4, -0.2) is 47.8 Å². The maximum atomic E-state index is 12.7. The van der Waals surface area contributed by atoms with E-state index in [1.165, 1.54) is 154 Å². The van der Waals surface area contributed by atoms with Gasteiger partial charge in [0.1, 0.15) is 0 Å². The standard InChI is InChI=1S/C41H83N2O6P/c1-3-5-7-9-11-13-14-15-16-17-18-19-20-21-22-23-24-25-27-29-31-33-35-41(45)43-39(38-49-50(46,47)48-37-36-42)40(44)34-32-30-28-26-12-10-8-6-4-2/h32,34,39-40,44H,3-31,33,35-38,42H2,1-2H3,(H,43,45)(H,46,47)/b34-32+. The molecule has 5 N–H and O–H groups in total. The molecule has 298 valence electrons. The number of aliphatic hydroxyl groups is 1. The lowest BCUT2D eigenvalue weighted by molar-refractivity contribution is -0.123. The van der Waals surface area contributed by atoms with Crippen molar-refractivity contribution in [2.45, 2.75) is 225 Å². The summed E-state index contributed by atoms with van der Waals surface area (Å²) in [7, 11) is -4.33. The molecular formula is C41H83N2O6P. The van der Waals surface area contributed by atoms with Crippen molar-refractivity contribution in [3.05, 3.63) is 12.2 Å². The summed E-state index contributed by atoms with van der Waals surface area (Å²) in [5.74, 6) is -0.193. The van der Waals surface area contributed by atoms with Crippen LogP contribution in [0.4, 0.5) is 0 Å². The highest BCUT2D eigenvalue weighted by molar-refractivity contribution is 7.47. The van der Waals surface area contributed by atoms with Crippen LogP contribution < -0.4 is 11.1 Å². The van der Waals surface area contributed by atoms with E-state index in [-0.39, 0.29) is 25.7 Å². The van der Waals surface area contributed by atoms with E-state index in [1.807, 2.05) is 6.08 Å². The van der Waals surface area contributed by atoms with Crippen molar-refractivity contribution in [3.8, 4) is 0 Å². The minimum Gasteiger partial charge on any atom is -0.387 e. The highest BCUT2D eigenvalue weighted by Gasteiger charge is 2.26. The number of carbonyl (C=O) groups is 1. The number of nitrogens with two attached hydrogens (primary N) is 1. The topological polar surface area (TPSA) is 131 Å². The summed E-state index contributed by atoms with van der Waals surface area (Å²) in [5, 5.41) is 13.6. The fourth-order valence-corrected chi connectivity index (χ4v) is 7.13. The lowest BCUT2D eigenvalue weighted by Gasteiger charge is -2.23. The van der Waals surface area contributed by atoms with Gasteiger partial charge in [-0.15, -0.1) is 0 Å². The van der Waals surface area contributed by atoms with Gasteiger partial charge in [-0.2, -0.15) is 0 Å². The molecule has 0 aromatic rings. The van der Waals surface area contributed by atoms with Crippen LogP contribution in [-0.2, 0) is 18.4 Å². The van der Waals surface area contributed by atoms with Crippen LogP contribution in [0, 0.1) is 0 Å². The van der Waals surface area contributed by atoms with Crippen LogP contribution in [0.2, 0.25) is 0 Å². The van der Waals surface area contributed by atoms with E-state index < -0.39 is 20.0 Å². The summed E-state index contributed by atoms with van der Waals surface area (Å²) < 4.78 is 22.0. The zero-order chi connectivity index (χ0) is 36.8. The SMILES string of the molecule is CCCCCCCCC/C=C/C(O)C(COP(=O)(O)OCCN)NC(=O)CCCCCCCCCCCCCCCCCCCCCCCC. The highest BCUT2D eigenvalue weighted by Crippen LogP contribution is 2.43. The zero-order valence-electron chi connectivity index (χ0n) is 32.9. The van der Waals surface area contributed by atoms with E-state index in [2.05, 4.69) is 19.2 Å². The normalized spacial score (nSPS) is 14.3. The molecule has 0 heterocycles. The molecule has 0 rings (SSSR count). The minimum absolute atomic E-state index is 0.0809. The van der Waals surface area contributed by atoms with Crippen molar-refractivity contribution in [1.82, 2.24) is 5.32 Å². The Morgan fingerprint density at radius 1 is 0.640 bits per heavy atom. The molecule has 9 heteroatoms. The average molecular weight is 731 g/mol. The molecule has 0 aromatic carbocycles. The largest absolute Gasteiger partial charge is 0.472 e. The summed E-state index contributed by atoms with van der Waals surface area (Å²) in [5.41, 5.74) is 5.36. The van der Waals surface area contributed by atoms with Crippen molar-refractivity contribution in [1.29, 1.82) is 0 Å². The van der Waals surface area contributed by atoms with Gasteiger partial charge in [0.2, 0.25) is 5.91 Å². The first kappa shape index (κ1) is 49.2. The number of hydrogen-bond acceptors (Lipinski definition) is 6. The zero-order valence-corrected chi connectivity index (χ0v) is 33.8. The maximum absolute atomic E-state index is 12.7. The van der Waals surface area contributed by atoms with Crippen LogP contribution in [0.1, 0.15) is 213 Å². The molecule has 3 unspecified atom stereocenters. The molecule has 0 bridgehead atoms. The summed E-state index contributed by atoms with van der Waals surface area (Å²) >= 11 is 0. The van der Waals surface area contributed by atoms with Gasteiger partial charge in [-0.3, -0.25) is 13.8 Å². The van der Waals surface area contributed by atoms with Gasteiger partial charge in [0.25, 0.3) is 0 Å². The molecule has 50 heavy (non-hydrogen) atoms. The van der Waals surface area contributed by atoms with Gasteiger partial charge in [0, 0.05) is 13.0 Å². The predicted molar refractivity (Wildman–Crippen MR) is 212 cm³/mol. The number of unbranched alkanes of at least 4 members (excludes halogenated alkanes) is 28. The van der Waals surface area contributed by atoms with Crippen LogP contribution in [0.15, 0.2) is 12.2 Å². The second-order valence-corrected chi connectivity index (χ2v) is 16.0. The van der Waals surface area contributed by atoms with E-state index in [0.717, 1.165) is 38.5 Å². The van der Waals surface area contributed by atoms with Gasteiger partial charge in [-0.05, 0) is 19.3 Å². The number of aliphatic hydroxyl groups excluding tert-OH is 1. The first-order chi connectivity index (χ1) is 24.4. The lowest BCUT2D eigenvalue weighted by atomic mass is 10.0. The Labute approximate surface area is 309 Å². The van der Waals surface area contributed by atoms with Gasteiger partial charge in [0.15, 0.2) is 0 Å². The number of rotatable bonds is 40. The second-order valence-electron chi connectivity index (χ2n) is 14.6. The Balaban J connectivity index is 4.01. The number of phosphoric acid groups is 1. The van der Waals surface area contributed by atoms with Crippen molar-refractivity contribution in [2.24, 2.45) is 5.73 Å². The molecule has 0 aliphatic heterocycles. The fourth-order valence-electron chi connectivity index (χ4n) is 6.37. The third-order valence-corrected chi connectivity index (χ3v) is 10.6. The van der Waals surface area contributed by atoms with E-state index in [4.69, 9.17) is 14.8 Å². The van der Waals surface area contributed by atoms with E-state index in [9.17, 15) is 19.4 Å². The molecule has 8 nitrogen and oxygen atoms in total. The van der Waals surface area contributed by atoms with Crippen LogP contribution in [0.5, 0.6) is 0 Å².